The van der Waals surface area contributed by atoms with Gasteiger partial charge in [-0.2, -0.15) is 0 Å². The SMILES string of the molecule is CCCCCCCCCCCC(CCCCCC(C)C)OC(=O)C(O)CC(=O)O. The summed E-state index contributed by atoms with van der Waals surface area (Å²) in [4.78, 5) is 22.7. The monoisotopic (exact) mass is 414 g/mol. The predicted molar refractivity (Wildman–Crippen MR) is 118 cm³/mol. The standard InChI is InChI=1S/C24H46O5/c1-4-5-6-7-8-9-10-11-14-17-21(18-15-12-13-16-20(2)3)29-24(28)22(25)19-23(26)27/h20-22,25H,4-19H2,1-3H3,(H,26,27). The Morgan fingerprint density at radius 2 is 1.21 bits per heavy atom. The summed E-state index contributed by atoms with van der Waals surface area (Å²) >= 11 is 0. The summed E-state index contributed by atoms with van der Waals surface area (Å²) in [6, 6.07) is 0. The van der Waals surface area contributed by atoms with Gasteiger partial charge in [-0.3, -0.25) is 4.79 Å². The number of esters is 1. The normalized spacial score (nSPS) is 13.4. The number of hydrogen-bond donors (Lipinski definition) is 2. The van der Waals surface area contributed by atoms with Crippen molar-refractivity contribution in [1.29, 1.82) is 0 Å². The van der Waals surface area contributed by atoms with Gasteiger partial charge in [0.25, 0.3) is 0 Å². The molecule has 0 aromatic heterocycles. The summed E-state index contributed by atoms with van der Waals surface area (Å²) in [5, 5.41) is 18.4. The molecule has 0 amide bonds. The van der Waals surface area contributed by atoms with Crippen molar-refractivity contribution in [2.45, 2.75) is 136 Å². The van der Waals surface area contributed by atoms with Crippen LogP contribution in [0.1, 0.15) is 124 Å². The summed E-state index contributed by atoms with van der Waals surface area (Å²) in [5.41, 5.74) is 0. The van der Waals surface area contributed by atoms with Crippen molar-refractivity contribution in [2.75, 3.05) is 0 Å². The molecule has 29 heavy (non-hydrogen) atoms. The molecular formula is C24H46O5. The lowest BCUT2D eigenvalue weighted by atomic mass is 10.0. The Labute approximate surface area is 178 Å². The van der Waals surface area contributed by atoms with E-state index in [4.69, 9.17) is 9.84 Å². The van der Waals surface area contributed by atoms with E-state index >= 15 is 0 Å². The predicted octanol–water partition coefficient (Wildman–Crippen LogP) is 6.26. The quantitative estimate of drug-likeness (QED) is 0.181. The molecule has 0 aliphatic carbocycles. The van der Waals surface area contributed by atoms with Crippen LogP contribution in [-0.4, -0.2) is 34.4 Å². The van der Waals surface area contributed by atoms with Gasteiger partial charge in [-0.05, 0) is 31.6 Å². The number of aliphatic hydroxyl groups excluding tert-OH is 1. The molecule has 0 aliphatic heterocycles. The molecule has 2 unspecified atom stereocenters. The minimum absolute atomic E-state index is 0.213. The molecule has 2 N–H and O–H groups in total. The topological polar surface area (TPSA) is 83.8 Å². The van der Waals surface area contributed by atoms with Crippen molar-refractivity contribution in [2.24, 2.45) is 5.92 Å². The van der Waals surface area contributed by atoms with Crippen molar-refractivity contribution >= 4 is 11.9 Å². The van der Waals surface area contributed by atoms with Gasteiger partial charge in [0.1, 0.15) is 6.10 Å². The van der Waals surface area contributed by atoms with E-state index in [1.165, 1.54) is 57.8 Å². The second kappa shape index (κ2) is 18.9. The zero-order valence-corrected chi connectivity index (χ0v) is 19.2. The molecule has 2 atom stereocenters. The Morgan fingerprint density at radius 1 is 0.759 bits per heavy atom. The second-order valence-electron chi connectivity index (χ2n) is 8.82. The highest BCUT2D eigenvalue weighted by Crippen LogP contribution is 2.18. The Hall–Kier alpha value is -1.10. The van der Waals surface area contributed by atoms with E-state index in [2.05, 4.69) is 20.8 Å². The number of aliphatic hydroxyl groups is 1. The van der Waals surface area contributed by atoms with Crippen LogP contribution in [0, 0.1) is 5.92 Å². The number of aliphatic carboxylic acids is 1. The maximum atomic E-state index is 12.0. The van der Waals surface area contributed by atoms with Gasteiger partial charge in [-0.15, -0.1) is 0 Å². The molecule has 0 aromatic rings. The highest BCUT2D eigenvalue weighted by atomic mass is 16.6. The van der Waals surface area contributed by atoms with Crippen molar-refractivity contribution in [1.82, 2.24) is 0 Å². The smallest absolute Gasteiger partial charge is 0.335 e. The third-order valence-electron chi connectivity index (χ3n) is 5.36. The maximum absolute atomic E-state index is 12.0. The van der Waals surface area contributed by atoms with Crippen molar-refractivity contribution < 1.29 is 24.5 Å². The fourth-order valence-corrected chi connectivity index (χ4v) is 3.54. The molecule has 0 radical (unpaired) electrons. The Morgan fingerprint density at radius 3 is 1.69 bits per heavy atom. The van der Waals surface area contributed by atoms with Crippen LogP contribution in [-0.2, 0) is 14.3 Å². The van der Waals surface area contributed by atoms with Crippen molar-refractivity contribution in [3.8, 4) is 0 Å². The average molecular weight is 415 g/mol. The highest BCUT2D eigenvalue weighted by Gasteiger charge is 2.23. The van der Waals surface area contributed by atoms with Gasteiger partial charge in [0, 0.05) is 0 Å². The first-order valence-corrected chi connectivity index (χ1v) is 12.0. The lowest BCUT2D eigenvalue weighted by molar-refractivity contribution is -0.163. The Bertz CT molecular complexity index is 408. The number of rotatable bonds is 20. The van der Waals surface area contributed by atoms with E-state index in [1.54, 1.807) is 0 Å². The van der Waals surface area contributed by atoms with Crippen LogP contribution in [0.3, 0.4) is 0 Å². The summed E-state index contributed by atoms with van der Waals surface area (Å²) in [6.07, 6.45) is 14.9. The summed E-state index contributed by atoms with van der Waals surface area (Å²) in [6.45, 7) is 6.67. The van der Waals surface area contributed by atoms with Crippen molar-refractivity contribution in [3.63, 3.8) is 0 Å². The molecule has 0 heterocycles. The van der Waals surface area contributed by atoms with Crippen LogP contribution in [0.15, 0.2) is 0 Å². The minimum atomic E-state index is -1.57. The minimum Gasteiger partial charge on any atom is -0.481 e. The van der Waals surface area contributed by atoms with E-state index in [-0.39, 0.29) is 6.10 Å². The number of carboxylic acid groups (broad SMARTS) is 1. The molecule has 0 aromatic carbocycles. The zero-order chi connectivity index (χ0) is 21.9. The number of unbranched alkanes of at least 4 members (excludes halogenated alkanes) is 10. The molecule has 5 heteroatoms. The molecule has 0 saturated heterocycles. The van der Waals surface area contributed by atoms with Crippen LogP contribution >= 0.6 is 0 Å². The number of carbonyl (C=O) groups is 2. The van der Waals surface area contributed by atoms with E-state index in [1.807, 2.05) is 0 Å². The van der Waals surface area contributed by atoms with Gasteiger partial charge >= 0.3 is 11.9 Å². The van der Waals surface area contributed by atoms with Gasteiger partial charge in [-0.1, -0.05) is 91.4 Å². The van der Waals surface area contributed by atoms with E-state index in [0.29, 0.717) is 5.92 Å². The van der Waals surface area contributed by atoms with Crippen molar-refractivity contribution in [3.05, 3.63) is 0 Å². The summed E-state index contributed by atoms with van der Waals surface area (Å²) < 4.78 is 5.46. The van der Waals surface area contributed by atoms with E-state index in [0.717, 1.165) is 38.5 Å². The second-order valence-corrected chi connectivity index (χ2v) is 8.82. The van der Waals surface area contributed by atoms with Gasteiger partial charge in [0.2, 0.25) is 0 Å². The molecule has 0 rings (SSSR count). The fraction of sp³-hybridized carbons (Fsp3) is 0.917. The third kappa shape index (κ3) is 18.7. The first kappa shape index (κ1) is 27.9. The van der Waals surface area contributed by atoms with E-state index in [9.17, 15) is 14.7 Å². The zero-order valence-electron chi connectivity index (χ0n) is 19.2. The lowest BCUT2D eigenvalue weighted by Gasteiger charge is -2.19. The molecule has 0 fully saturated rings. The number of hydrogen-bond acceptors (Lipinski definition) is 4. The largest absolute Gasteiger partial charge is 0.481 e. The number of carboxylic acids is 1. The summed E-state index contributed by atoms with van der Waals surface area (Å²) in [7, 11) is 0. The van der Waals surface area contributed by atoms with Crippen LogP contribution in [0.5, 0.6) is 0 Å². The first-order chi connectivity index (χ1) is 13.9. The average Bonchev–Trinajstić information content (AvgIpc) is 2.65. The first-order valence-electron chi connectivity index (χ1n) is 12.0. The fourth-order valence-electron chi connectivity index (χ4n) is 3.54. The number of carbonyl (C=O) groups excluding carboxylic acids is 1. The molecule has 0 spiro atoms. The van der Waals surface area contributed by atoms with Crippen LogP contribution in [0.2, 0.25) is 0 Å². The van der Waals surface area contributed by atoms with E-state index < -0.39 is 24.5 Å². The molecule has 0 saturated carbocycles. The van der Waals surface area contributed by atoms with Gasteiger partial charge in [0.15, 0.2) is 6.10 Å². The van der Waals surface area contributed by atoms with Crippen LogP contribution < -0.4 is 0 Å². The van der Waals surface area contributed by atoms with Crippen LogP contribution in [0.4, 0.5) is 0 Å². The third-order valence-corrected chi connectivity index (χ3v) is 5.36. The van der Waals surface area contributed by atoms with Gasteiger partial charge in [0.05, 0.1) is 6.42 Å². The molecule has 172 valence electrons. The summed E-state index contributed by atoms with van der Waals surface area (Å²) in [5.74, 6) is -1.29. The van der Waals surface area contributed by atoms with Crippen LogP contribution in [0.25, 0.3) is 0 Å². The molecule has 0 aliphatic rings. The molecular weight excluding hydrogens is 368 g/mol. The number of ether oxygens (including phenoxy) is 1. The highest BCUT2D eigenvalue weighted by molar-refractivity contribution is 5.80. The Kier molecular flexibility index (Phi) is 18.2. The molecule has 0 bridgehead atoms. The van der Waals surface area contributed by atoms with Gasteiger partial charge in [-0.25, -0.2) is 4.79 Å². The molecule has 5 nitrogen and oxygen atoms in total. The lowest BCUT2D eigenvalue weighted by Crippen LogP contribution is -2.30. The maximum Gasteiger partial charge on any atom is 0.335 e. The van der Waals surface area contributed by atoms with Gasteiger partial charge < -0.3 is 14.9 Å². The Balaban J connectivity index is 4.16.